The molecule has 0 bridgehead atoms. The summed E-state index contributed by atoms with van der Waals surface area (Å²) in [6.45, 7) is 7.21. The Kier molecular flexibility index (Phi) is 3.76. The Hall–Kier alpha value is -0.920. The maximum atomic E-state index is 9.72. The Morgan fingerprint density at radius 2 is 2.38 bits per heavy atom. The minimum absolute atomic E-state index is 0.456. The van der Waals surface area contributed by atoms with E-state index in [4.69, 9.17) is 0 Å². The summed E-state index contributed by atoms with van der Waals surface area (Å²) in [5, 5.41) is 0. The van der Waals surface area contributed by atoms with Crippen molar-refractivity contribution in [1.29, 1.82) is 0 Å². The van der Waals surface area contributed by atoms with E-state index in [2.05, 4.69) is 18.3 Å². The van der Waals surface area contributed by atoms with Gasteiger partial charge in [0.25, 0.3) is 0 Å². The van der Waals surface area contributed by atoms with Gasteiger partial charge in [-0.1, -0.05) is 6.58 Å². The third kappa shape index (κ3) is 3.28. The molecule has 0 amide bonds. The summed E-state index contributed by atoms with van der Waals surface area (Å²) in [7, 11) is 0. The van der Waals surface area contributed by atoms with Crippen LogP contribution in [0, 0.1) is 0 Å². The summed E-state index contributed by atoms with van der Waals surface area (Å²) in [5.41, 5.74) is 0.456. The topological polar surface area (TPSA) is 29.4 Å². The molecule has 1 radical (unpaired) electrons. The van der Waals surface area contributed by atoms with Gasteiger partial charge in [-0.05, 0) is 18.7 Å². The van der Waals surface area contributed by atoms with Gasteiger partial charge in [0.1, 0.15) is 0 Å². The van der Waals surface area contributed by atoms with E-state index in [1.165, 1.54) is 0 Å². The third-order valence-electron chi connectivity index (χ3n) is 0.716. The third-order valence-corrected chi connectivity index (χ3v) is 0.716. The number of hydrogen-bond acceptors (Lipinski definition) is 2. The van der Waals surface area contributed by atoms with E-state index in [0.717, 1.165) is 0 Å². The van der Waals surface area contributed by atoms with Crippen LogP contribution in [0.25, 0.3) is 0 Å². The van der Waals surface area contributed by atoms with Gasteiger partial charge in [0.15, 0.2) is 0 Å². The maximum absolute atomic E-state index is 9.72. The average molecular weight is 110 g/mol. The van der Waals surface area contributed by atoms with Crippen LogP contribution in [0.2, 0.25) is 0 Å². The second kappa shape index (κ2) is 4.24. The summed E-state index contributed by atoms with van der Waals surface area (Å²) < 4.78 is 0. The van der Waals surface area contributed by atoms with E-state index in [0.29, 0.717) is 18.5 Å². The van der Waals surface area contributed by atoms with Crippen molar-refractivity contribution in [3.05, 3.63) is 12.2 Å². The standard InChI is InChI=1S/C6H8NO/c1-6(5-8)3-4-7-2/h1-4H2. The molecule has 2 heteroatoms. The highest BCUT2D eigenvalue weighted by Crippen LogP contribution is 1.91. The zero-order valence-corrected chi connectivity index (χ0v) is 4.68. The fourth-order valence-corrected chi connectivity index (χ4v) is 0.265. The van der Waals surface area contributed by atoms with E-state index >= 15 is 0 Å². The highest BCUT2D eigenvalue weighted by Gasteiger charge is 1.87. The van der Waals surface area contributed by atoms with Crippen molar-refractivity contribution in [3.63, 3.8) is 0 Å². The largest absolute Gasteiger partial charge is 0.301 e. The molecule has 0 unspecified atom stereocenters. The smallest absolute Gasteiger partial charge is 0.228 e. The summed E-state index contributed by atoms with van der Waals surface area (Å²) in [5.74, 6) is 0. The molecular weight excluding hydrogens is 102 g/mol. The van der Waals surface area contributed by atoms with Crippen LogP contribution >= 0.6 is 0 Å². The molecule has 0 aromatic rings. The van der Waals surface area contributed by atoms with E-state index in [-0.39, 0.29) is 0 Å². The number of aliphatic imine (C=N–C) groups is 1. The molecule has 0 aliphatic carbocycles. The minimum Gasteiger partial charge on any atom is -0.301 e. The van der Waals surface area contributed by atoms with Crippen LogP contribution in [0.15, 0.2) is 17.1 Å². The number of rotatable bonds is 4. The Balaban J connectivity index is 3.24. The Morgan fingerprint density at radius 3 is 2.75 bits per heavy atom. The molecule has 0 aliphatic heterocycles. The molecule has 0 spiro atoms. The number of hydrogen-bond donors (Lipinski definition) is 0. The Bertz CT molecular complexity index is 107. The monoisotopic (exact) mass is 110 g/mol. The molecule has 0 saturated heterocycles. The molecule has 0 aliphatic rings. The lowest BCUT2D eigenvalue weighted by Crippen LogP contribution is -1.84. The molecule has 0 heterocycles. The molecule has 0 rings (SSSR count). The predicted octanol–water partition coefficient (Wildman–Crippen LogP) is 0.743. The molecule has 43 valence electrons. The van der Waals surface area contributed by atoms with Crippen molar-refractivity contribution in [2.75, 3.05) is 6.54 Å². The zero-order valence-electron chi connectivity index (χ0n) is 4.68. The van der Waals surface area contributed by atoms with Gasteiger partial charge in [-0.3, -0.25) is 4.79 Å². The first-order valence-corrected chi connectivity index (χ1v) is 2.29. The molecular formula is C6H8NO. The van der Waals surface area contributed by atoms with Gasteiger partial charge in [-0.15, -0.1) is 0 Å². The first-order valence-electron chi connectivity index (χ1n) is 2.29. The number of carbonyl (C=O) groups excluding carboxylic acids is 1. The van der Waals surface area contributed by atoms with E-state index in [1.807, 2.05) is 0 Å². The lowest BCUT2D eigenvalue weighted by Gasteiger charge is -1.86. The maximum Gasteiger partial charge on any atom is 0.228 e. The van der Waals surface area contributed by atoms with Crippen LogP contribution in [0.1, 0.15) is 6.42 Å². The molecule has 0 aromatic heterocycles. The van der Waals surface area contributed by atoms with Gasteiger partial charge in [-0.25, -0.2) is 0 Å². The van der Waals surface area contributed by atoms with Gasteiger partial charge in [-0.2, -0.15) is 0 Å². The van der Waals surface area contributed by atoms with Gasteiger partial charge < -0.3 is 4.99 Å². The van der Waals surface area contributed by atoms with Gasteiger partial charge >= 0.3 is 0 Å². The molecule has 0 fully saturated rings. The van der Waals surface area contributed by atoms with Crippen molar-refractivity contribution >= 4 is 13.0 Å². The van der Waals surface area contributed by atoms with Gasteiger partial charge in [0, 0.05) is 6.54 Å². The highest BCUT2D eigenvalue weighted by molar-refractivity contribution is 5.72. The highest BCUT2D eigenvalue weighted by atomic mass is 16.1. The quantitative estimate of drug-likeness (QED) is 0.387. The van der Waals surface area contributed by atoms with Crippen molar-refractivity contribution in [2.24, 2.45) is 4.99 Å². The molecule has 2 nitrogen and oxygen atoms in total. The van der Waals surface area contributed by atoms with Crippen LogP contribution in [-0.2, 0) is 4.79 Å². The van der Waals surface area contributed by atoms with Crippen LogP contribution in [0.4, 0.5) is 0 Å². The lowest BCUT2D eigenvalue weighted by atomic mass is 10.2. The Morgan fingerprint density at radius 1 is 1.75 bits per heavy atom. The summed E-state index contributed by atoms with van der Waals surface area (Å²) in [6.07, 6.45) is 2.24. The normalized spacial score (nSPS) is 8.00. The number of nitrogens with zero attached hydrogens (tertiary/aromatic N) is 1. The van der Waals surface area contributed by atoms with Crippen molar-refractivity contribution in [2.45, 2.75) is 6.42 Å². The van der Waals surface area contributed by atoms with Gasteiger partial charge in [0.05, 0.1) is 0 Å². The summed E-state index contributed by atoms with van der Waals surface area (Å²) in [4.78, 5) is 13.3. The first-order chi connectivity index (χ1) is 3.81. The summed E-state index contributed by atoms with van der Waals surface area (Å²) in [6, 6.07) is 0. The fourth-order valence-electron chi connectivity index (χ4n) is 0.265. The molecule has 8 heavy (non-hydrogen) atoms. The average Bonchev–Trinajstić information content (AvgIpc) is 1.83. The van der Waals surface area contributed by atoms with E-state index < -0.39 is 0 Å². The van der Waals surface area contributed by atoms with Crippen LogP contribution < -0.4 is 0 Å². The second-order valence-corrected chi connectivity index (χ2v) is 1.40. The minimum atomic E-state index is 0.456. The lowest BCUT2D eigenvalue weighted by molar-refractivity contribution is 0.560. The van der Waals surface area contributed by atoms with E-state index in [9.17, 15) is 4.79 Å². The van der Waals surface area contributed by atoms with Crippen LogP contribution in [0.5, 0.6) is 0 Å². The molecule has 0 aromatic carbocycles. The second-order valence-electron chi connectivity index (χ2n) is 1.40. The first kappa shape index (κ1) is 7.08. The molecule has 0 saturated carbocycles. The van der Waals surface area contributed by atoms with Gasteiger partial charge in [0.2, 0.25) is 6.29 Å². The van der Waals surface area contributed by atoms with Crippen LogP contribution in [0.3, 0.4) is 0 Å². The molecule has 0 atom stereocenters. The zero-order chi connectivity index (χ0) is 6.41. The van der Waals surface area contributed by atoms with Crippen molar-refractivity contribution < 1.29 is 4.79 Å². The van der Waals surface area contributed by atoms with Crippen molar-refractivity contribution in [1.82, 2.24) is 0 Å². The SMILES string of the molecule is C=NCCC(=C)[C]=O. The fraction of sp³-hybridized carbons (Fsp3) is 0.333. The van der Waals surface area contributed by atoms with Crippen molar-refractivity contribution in [3.8, 4) is 0 Å². The molecule has 0 N–H and O–H groups in total. The predicted molar refractivity (Wildman–Crippen MR) is 33.9 cm³/mol. The van der Waals surface area contributed by atoms with Crippen LogP contribution in [-0.4, -0.2) is 19.5 Å². The summed E-state index contributed by atoms with van der Waals surface area (Å²) >= 11 is 0. The van der Waals surface area contributed by atoms with E-state index in [1.54, 1.807) is 6.29 Å². The Labute approximate surface area is 48.9 Å².